The van der Waals surface area contributed by atoms with E-state index in [0.29, 0.717) is 6.04 Å². The molecule has 0 radical (unpaired) electrons. The lowest BCUT2D eigenvalue weighted by Crippen LogP contribution is -2.15. The van der Waals surface area contributed by atoms with Gasteiger partial charge >= 0.3 is 0 Å². The zero-order valence-electron chi connectivity index (χ0n) is 15.8. The van der Waals surface area contributed by atoms with Crippen molar-refractivity contribution in [1.82, 2.24) is 9.97 Å². The minimum atomic E-state index is 0.558. The molecule has 5 nitrogen and oxygen atoms in total. The van der Waals surface area contributed by atoms with E-state index in [2.05, 4.69) is 62.6 Å². The Morgan fingerprint density at radius 2 is 1.93 bits per heavy atom. The molecule has 0 saturated heterocycles. The van der Waals surface area contributed by atoms with E-state index in [4.69, 9.17) is 4.42 Å². The Morgan fingerprint density at radius 3 is 2.75 bits per heavy atom. The van der Waals surface area contributed by atoms with Crippen LogP contribution in [0.15, 0.2) is 71.6 Å². The van der Waals surface area contributed by atoms with Crippen LogP contribution in [-0.4, -0.2) is 23.1 Å². The molecule has 0 bridgehead atoms. The fourth-order valence-corrected chi connectivity index (χ4v) is 3.46. The van der Waals surface area contributed by atoms with E-state index in [-0.39, 0.29) is 0 Å². The van der Waals surface area contributed by atoms with Crippen molar-refractivity contribution in [1.29, 1.82) is 0 Å². The van der Waals surface area contributed by atoms with Crippen molar-refractivity contribution in [3.63, 3.8) is 0 Å². The molecule has 5 rings (SSSR count). The van der Waals surface area contributed by atoms with Gasteiger partial charge in [0.1, 0.15) is 12.1 Å². The van der Waals surface area contributed by atoms with Crippen molar-refractivity contribution < 1.29 is 4.42 Å². The lowest BCUT2D eigenvalue weighted by Gasteiger charge is -2.16. The normalized spacial score (nSPS) is 13.6. The Bertz CT molecular complexity index is 1100. The predicted octanol–water partition coefficient (Wildman–Crippen LogP) is 5.10. The third-order valence-corrected chi connectivity index (χ3v) is 5.12. The summed E-state index contributed by atoms with van der Waals surface area (Å²) in [6, 6.07) is 19.5. The number of anilines is 2. The van der Waals surface area contributed by atoms with Crippen molar-refractivity contribution in [2.75, 3.05) is 17.3 Å². The van der Waals surface area contributed by atoms with Gasteiger partial charge in [-0.1, -0.05) is 24.3 Å². The van der Waals surface area contributed by atoms with E-state index in [1.807, 2.05) is 19.2 Å². The van der Waals surface area contributed by atoms with Gasteiger partial charge in [0, 0.05) is 31.1 Å². The molecule has 1 fully saturated rings. The number of hydrogen-bond donors (Lipinski definition) is 1. The molecule has 1 N–H and O–H groups in total. The van der Waals surface area contributed by atoms with Gasteiger partial charge in [-0.3, -0.25) is 0 Å². The van der Waals surface area contributed by atoms with Gasteiger partial charge in [0.05, 0.1) is 11.8 Å². The molecule has 0 unspecified atom stereocenters. The molecule has 2 heterocycles. The highest BCUT2D eigenvalue weighted by Gasteiger charge is 2.22. The van der Waals surface area contributed by atoms with Gasteiger partial charge in [-0.15, -0.1) is 0 Å². The minimum absolute atomic E-state index is 0.558. The van der Waals surface area contributed by atoms with E-state index in [9.17, 15) is 0 Å². The zero-order valence-corrected chi connectivity index (χ0v) is 15.8. The van der Waals surface area contributed by atoms with E-state index in [0.717, 1.165) is 29.1 Å². The molecular weight excluding hydrogens is 348 g/mol. The first-order chi connectivity index (χ1) is 13.8. The van der Waals surface area contributed by atoms with Crippen LogP contribution in [-0.2, 0) is 6.54 Å². The summed E-state index contributed by atoms with van der Waals surface area (Å²) in [5.74, 6) is 1.80. The topological polar surface area (TPSA) is 54.2 Å². The Kier molecular flexibility index (Phi) is 4.20. The molecule has 1 aliphatic rings. The first kappa shape index (κ1) is 16.8. The number of rotatable bonds is 6. The maximum Gasteiger partial charge on any atom is 0.195 e. The van der Waals surface area contributed by atoms with Crippen molar-refractivity contribution in [2.24, 2.45) is 0 Å². The average Bonchev–Trinajstić information content (AvgIpc) is 3.36. The van der Waals surface area contributed by atoms with Crippen LogP contribution in [0.3, 0.4) is 0 Å². The summed E-state index contributed by atoms with van der Waals surface area (Å²) in [5.41, 5.74) is 4.56. The van der Waals surface area contributed by atoms with Crippen LogP contribution in [0.4, 0.5) is 11.7 Å². The van der Waals surface area contributed by atoms with E-state index >= 15 is 0 Å². The fourth-order valence-electron chi connectivity index (χ4n) is 3.46. The zero-order chi connectivity index (χ0) is 18.9. The van der Waals surface area contributed by atoms with Crippen molar-refractivity contribution in [3.8, 4) is 11.1 Å². The first-order valence-corrected chi connectivity index (χ1v) is 9.61. The summed E-state index contributed by atoms with van der Waals surface area (Å²) in [5, 5.41) is 4.60. The maximum atomic E-state index is 5.49. The second kappa shape index (κ2) is 7.00. The molecule has 5 heteroatoms. The largest absolute Gasteiger partial charge is 0.449 e. The SMILES string of the molecule is CN(Cc1cccc(-c2ccc3ncnc(NC4CC4)c3c2)c1)c1ccco1. The molecule has 1 saturated carbocycles. The van der Waals surface area contributed by atoms with Crippen LogP contribution in [0.25, 0.3) is 22.0 Å². The maximum absolute atomic E-state index is 5.49. The monoisotopic (exact) mass is 370 g/mol. The molecule has 0 amide bonds. The summed E-state index contributed by atoms with van der Waals surface area (Å²) < 4.78 is 5.49. The number of benzene rings is 2. The Hall–Kier alpha value is -3.34. The Morgan fingerprint density at radius 1 is 1.04 bits per heavy atom. The highest BCUT2D eigenvalue weighted by atomic mass is 16.3. The van der Waals surface area contributed by atoms with Gasteiger partial charge in [-0.25, -0.2) is 9.97 Å². The molecule has 0 aliphatic heterocycles. The number of nitrogens with one attached hydrogen (secondary N) is 1. The number of aromatic nitrogens is 2. The summed E-state index contributed by atoms with van der Waals surface area (Å²) in [6.07, 6.45) is 5.78. The smallest absolute Gasteiger partial charge is 0.195 e. The molecule has 28 heavy (non-hydrogen) atoms. The second-order valence-corrected chi connectivity index (χ2v) is 7.38. The van der Waals surface area contributed by atoms with Gasteiger partial charge in [0.25, 0.3) is 0 Å². The van der Waals surface area contributed by atoms with Gasteiger partial charge in [-0.05, 0) is 53.8 Å². The molecular formula is C23H22N4O. The Labute approximate surface area is 164 Å². The van der Waals surface area contributed by atoms with Crippen LogP contribution >= 0.6 is 0 Å². The summed E-state index contributed by atoms with van der Waals surface area (Å²) in [7, 11) is 2.04. The third-order valence-electron chi connectivity index (χ3n) is 5.12. The lowest BCUT2D eigenvalue weighted by atomic mass is 10.0. The third kappa shape index (κ3) is 3.43. The Balaban J connectivity index is 1.46. The van der Waals surface area contributed by atoms with Crippen LogP contribution < -0.4 is 10.2 Å². The van der Waals surface area contributed by atoms with Crippen LogP contribution in [0.2, 0.25) is 0 Å². The van der Waals surface area contributed by atoms with E-state index in [1.165, 1.54) is 29.5 Å². The van der Waals surface area contributed by atoms with Crippen molar-refractivity contribution in [2.45, 2.75) is 25.4 Å². The highest BCUT2D eigenvalue weighted by Crippen LogP contribution is 2.31. The molecule has 4 aromatic rings. The lowest BCUT2D eigenvalue weighted by molar-refractivity contribution is 0.554. The van der Waals surface area contributed by atoms with Crippen LogP contribution in [0.1, 0.15) is 18.4 Å². The minimum Gasteiger partial charge on any atom is -0.449 e. The highest BCUT2D eigenvalue weighted by molar-refractivity contribution is 5.92. The van der Waals surface area contributed by atoms with Gasteiger partial charge in [-0.2, -0.15) is 0 Å². The quantitative estimate of drug-likeness (QED) is 0.512. The van der Waals surface area contributed by atoms with Crippen LogP contribution in [0, 0.1) is 0 Å². The van der Waals surface area contributed by atoms with E-state index < -0.39 is 0 Å². The van der Waals surface area contributed by atoms with E-state index in [1.54, 1.807) is 12.6 Å². The molecule has 2 aromatic heterocycles. The average molecular weight is 370 g/mol. The van der Waals surface area contributed by atoms with Gasteiger partial charge in [0.2, 0.25) is 0 Å². The number of fused-ring (bicyclic) bond motifs is 1. The summed E-state index contributed by atoms with van der Waals surface area (Å²) >= 11 is 0. The molecule has 0 spiro atoms. The second-order valence-electron chi connectivity index (χ2n) is 7.38. The first-order valence-electron chi connectivity index (χ1n) is 9.61. The van der Waals surface area contributed by atoms with Crippen LogP contribution in [0.5, 0.6) is 0 Å². The van der Waals surface area contributed by atoms with Gasteiger partial charge in [0.15, 0.2) is 5.88 Å². The van der Waals surface area contributed by atoms with Crippen molar-refractivity contribution >= 4 is 22.6 Å². The molecule has 1 aliphatic carbocycles. The summed E-state index contributed by atoms with van der Waals surface area (Å²) in [6.45, 7) is 0.784. The fraction of sp³-hybridized carbons (Fsp3) is 0.217. The number of furan rings is 1. The summed E-state index contributed by atoms with van der Waals surface area (Å²) in [4.78, 5) is 11.0. The molecule has 0 atom stereocenters. The molecule has 2 aromatic carbocycles. The predicted molar refractivity (Wildman–Crippen MR) is 112 cm³/mol. The van der Waals surface area contributed by atoms with Crippen molar-refractivity contribution in [3.05, 3.63) is 72.8 Å². The molecule has 140 valence electrons. The van der Waals surface area contributed by atoms with Gasteiger partial charge < -0.3 is 14.6 Å². The number of hydrogen-bond acceptors (Lipinski definition) is 5. The standard InChI is InChI=1S/C23H22N4O/c1-27(22-6-3-11-28-22)14-16-4-2-5-17(12-16)18-7-10-21-20(13-18)23(25-15-24-21)26-19-8-9-19/h2-7,10-13,15,19H,8-9,14H2,1H3,(H,24,25,26). The number of nitrogens with zero attached hydrogens (tertiary/aromatic N) is 3.